The minimum atomic E-state index is -0.435. The van der Waals surface area contributed by atoms with Crippen molar-refractivity contribution in [1.82, 2.24) is 5.32 Å². The molecule has 1 aromatic rings. The molecule has 18 heavy (non-hydrogen) atoms. The fourth-order valence-electron chi connectivity index (χ4n) is 2.34. The van der Waals surface area contributed by atoms with Gasteiger partial charge in [-0.3, -0.25) is 4.79 Å². The maximum absolute atomic E-state index is 12.0. The lowest BCUT2D eigenvalue weighted by atomic mass is 10.1. The second kappa shape index (κ2) is 6.21. The van der Waals surface area contributed by atoms with E-state index in [1.807, 2.05) is 0 Å². The predicted octanol–water partition coefficient (Wildman–Crippen LogP) is 2.76. The number of carbonyl (C=O) groups is 1. The third-order valence-corrected chi connectivity index (χ3v) is 3.62. The first kappa shape index (κ1) is 13.4. The second-order valence-electron chi connectivity index (χ2n) is 4.80. The van der Waals surface area contributed by atoms with Gasteiger partial charge in [0.2, 0.25) is 0 Å². The summed E-state index contributed by atoms with van der Waals surface area (Å²) in [6, 6.07) is 6.71. The van der Waals surface area contributed by atoms with Crippen LogP contribution in [0.5, 0.6) is 0 Å². The molecular weight excluding hydrogens is 250 g/mol. The van der Waals surface area contributed by atoms with Gasteiger partial charge in [-0.1, -0.05) is 36.9 Å². The van der Waals surface area contributed by atoms with Crippen LogP contribution >= 0.6 is 11.6 Å². The van der Waals surface area contributed by atoms with Gasteiger partial charge in [0.25, 0.3) is 5.91 Å². The molecule has 3 nitrogen and oxygen atoms in total. The van der Waals surface area contributed by atoms with Crippen LogP contribution in [0.15, 0.2) is 24.3 Å². The van der Waals surface area contributed by atoms with Crippen molar-refractivity contribution in [2.45, 2.75) is 44.2 Å². The highest BCUT2D eigenvalue weighted by Gasteiger charge is 2.23. The van der Waals surface area contributed by atoms with Crippen molar-refractivity contribution in [3.8, 4) is 0 Å². The minimum absolute atomic E-state index is 0.140. The standard InChI is InChI=1S/C14H18ClNO2/c15-11-6-4-5-10(9-11)14(18)16-12-7-2-1-3-8-13(12)17/h4-6,9,12-13,17H,1-3,7-8H2,(H,16,18). The Hall–Kier alpha value is -1.06. The lowest BCUT2D eigenvalue weighted by molar-refractivity contribution is 0.0819. The molecule has 98 valence electrons. The first-order chi connectivity index (χ1) is 8.66. The van der Waals surface area contributed by atoms with Gasteiger partial charge in [-0.15, -0.1) is 0 Å². The lowest BCUT2D eigenvalue weighted by Gasteiger charge is -2.21. The highest BCUT2D eigenvalue weighted by atomic mass is 35.5. The number of benzene rings is 1. The second-order valence-corrected chi connectivity index (χ2v) is 5.23. The zero-order valence-corrected chi connectivity index (χ0v) is 11.0. The number of carbonyl (C=O) groups excluding carboxylic acids is 1. The van der Waals surface area contributed by atoms with Crippen LogP contribution in [-0.4, -0.2) is 23.2 Å². The molecule has 1 fully saturated rings. The van der Waals surface area contributed by atoms with Crippen LogP contribution in [-0.2, 0) is 0 Å². The minimum Gasteiger partial charge on any atom is -0.391 e. The molecule has 1 saturated carbocycles. The molecule has 1 aliphatic rings. The smallest absolute Gasteiger partial charge is 0.251 e. The number of halogens is 1. The van der Waals surface area contributed by atoms with Gasteiger partial charge in [0.15, 0.2) is 0 Å². The lowest BCUT2D eigenvalue weighted by Crippen LogP contribution is -2.42. The molecule has 0 bridgehead atoms. The highest BCUT2D eigenvalue weighted by molar-refractivity contribution is 6.30. The van der Waals surface area contributed by atoms with Gasteiger partial charge >= 0.3 is 0 Å². The number of rotatable bonds is 2. The monoisotopic (exact) mass is 267 g/mol. The van der Waals surface area contributed by atoms with Crippen LogP contribution in [0.2, 0.25) is 5.02 Å². The normalized spacial score (nSPS) is 24.3. The zero-order chi connectivity index (χ0) is 13.0. The van der Waals surface area contributed by atoms with E-state index in [2.05, 4.69) is 5.32 Å². The van der Waals surface area contributed by atoms with Gasteiger partial charge in [-0.05, 0) is 31.0 Å². The topological polar surface area (TPSA) is 49.3 Å². The van der Waals surface area contributed by atoms with E-state index in [1.165, 1.54) is 0 Å². The van der Waals surface area contributed by atoms with E-state index in [0.717, 1.165) is 32.1 Å². The Kier molecular flexibility index (Phi) is 4.61. The van der Waals surface area contributed by atoms with Crippen molar-refractivity contribution >= 4 is 17.5 Å². The summed E-state index contributed by atoms with van der Waals surface area (Å²) in [6.07, 6.45) is 4.38. The SMILES string of the molecule is O=C(NC1CCCCCC1O)c1cccc(Cl)c1. The fraction of sp³-hybridized carbons (Fsp3) is 0.500. The summed E-state index contributed by atoms with van der Waals surface area (Å²) in [5.74, 6) is -0.163. The molecule has 0 spiro atoms. The quantitative estimate of drug-likeness (QED) is 0.810. The molecule has 1 aliphatic carbocycles. The Morgan fingerprint density at radius 1 is 1.28 bits per heavy atom. The van der Waals surface area contributed by atoms with E-state index < -0.39 is 6.10 Å². The third kappa shape index (κ3) is 3.47. The summed E-state index contributed by atoms with van der Waals surface area (Å²) < 4.78 is 0. The highest BCUT2D eigenvalue weighted by Crippen LogP contribution is 2.19. The van der Waals surface area contributed by atoms with Gasteiger partial charge in [-0.2, -0.15) is 0 Å². The van der Waals surface area contributed by atoms with Crippen molar-refractivity contribution in [3.05, 3.63) is 34.9 Å². The summed E-state index contributed by atoms with van der Waals surface area (Å²) in [4.78, 5) is 12.0. The van der Waals surface area contributed by atoms with Crippen molar-refractivity contribution in [3.63, 3.8) is 0 Å². The Morgan fingerprint density at radius 2 is 2.06 bits per heavy atom. The summed E-state index contributed by atoms with van der Waals surface area (Å²) in [5, 5.41) is 13.4. The van der Waals surface area contributed by atoms with Crippen LogP contribution in [0.25, 0.3) is 0 Å². The van der Waals surface area contributed by atoms with Crippen LogP contribution < -0.4 is 5.32 Å². The first-order valence-corrected chi connectivity index (χ1v) is 6.79. The van der Waals surface area contributed by atoms with E-state index in [1.54, 1.807) is 24.3 Å². The van der Waals surface area contributed by atoms with Crippen LogP contribution in [0.3, 0.4) is 0 Å². The summed E-state index contributed by atoms with van der Waals surface area (Å²) in [7, 11) is 0. The Morgan fingerprint density at radius 3 is 2.83 bits per heavy atom. The first-order valence-electron chi connectivity index (χ1n) is 6.41. The summed E-state index contributed by atoms with van der Waals surface area (Å²) >= 11 is 5.86. The number of aliphatic hydroxyl groups excluding tert-OH is 1. The number of nitrogens with one attached hydrogen (secondary N) is 1. The molecule has 0 heterocycles. The van der Waals surface area contributed by atoms with E-state index >= 15 is 0 Å². The molecule has 2 N–H and O–H groups in total. The average molecular weight is 268 g/mol. The Labute approximate surface area is 112 Å². The molecule has 2 unspecified atom stereocenters. The van der Waals surface area contributed by atoms with Gasteiger partial charge in [-0.25, -0.2) is 0 Å². The van der Waals surface area contributed by atoms with E-state index in [0.29, 0.717) is 10.6 Å². The van der Waals surface area contributed by atoms with Crippen molar-refractivity contribution in [2.24, 2.45) is 0 Å². The number of hydrogen-bond acceptors (Lipinski definition) is 2. The third-order valence-electron chi connectivity index (χ3n) is 3.38. The largest absolute Gasteiger partial charge is 0.391 e. The summed E-state index contributed by atoms with van der Waals surface area (Å²) in [6.45, 7) is 0. The van der Waals surface area contributed by atoms with Gasteiger partial charge in [0, 0.05) is 10.6 Å². The summed E-state index contributed by atoms with van der Waals surface area (Å²) in [5.41, 5.74) is 0.541. The molecule has 2 atom stereocenters. The molecule has 0 saturated heterocycles. The Balaban J connectivity index is 2.01. The maximum Gasteiger partial charge on any atom is 0.251 e. The van der Waals surface area contributed by atoms with Crippen LogP contribution in [0, 0.1) is 0 Å². The molecule has 1 aromatic carbocycles. The predicted molar refractivity (Wildman–Crippen MR) is 71.8 cm³/mol. The Bertz CT molecular complexity index is 422. The number of aliphatic hydroxyl groups is 1. The molecule has 4 heteroatoms. The van der Waals surface area contributed by atoms with Crippen molar-refractivity contribution in [2.75, 3.05) is 0 Å². The molecule has 1 amide bonds. The van der Waals surface area contributed by atoms with Gasteiger partial charge in [0.1, 0.15) is 0 Å². The fourth-order valence-corrected chi connectivity index (χ4v) is 2.53. The maximum atomic E-state index is 12.0. The zero-order valence-electron chi connectivity index (χ0n) is 10.2. The number of hydrogen-bond donors (Lipinski definition) is 2. The van der Waals surface area contributed by atoms with Crippen molar-refractivity contribution < 1.29 is 9.90 Å². The van der Waals surface area contributed by atoms with E-state index in [4.69, 9.17) is 11.6 Å². The average Bonchev–Trinajstić information content (AvgIpc) is 2.55. The molecule has 0 radical (unpaired) electrons. The van der Waals surface area contributed by atoms with E-state index in [-0.39, 0.29) is 11.9 Å². The van der Waals surface area contributed by atoms with E-state index in [9.17, 15) is 9.90 Å². The molecule has 2 rings (SSSR count). The van der Waals surface area contributed by atoms with Crippen LogP contribution in [0.1, 0.15) is 42.5 Å². The van der Waals surface area contributed by atoms with Gasteiger partial charge in [0.05, 0.1) is 12.1 Å². The molecule has 0 aliphatic heterocycles. The van der Waals surface area contributed by atoms with Crippen molar-refractivity contribution in [1.29, 1.82) is 0 Å². The molecule has 0 aromatic heterocycles. The van der Waals surface area contributed by atoms with Crippen LogP contribution in [0.4, 0.5) is 0 Å². The van der Waals surface area contributed by atoms with Gasteiger partial charge < -0.3 is 10.4 Å². The number of amides is 1. The molecular formula is C14H18ClNO2.